The van der Waals surface area contributed by atoms with Gasteiger partial charge in [0.05, 0.1) is 6.10 Å². The normalized spacial score (nSPS) is 47.2. The summed E-state index contributed by atoms with van der Waals surface area (Å²) in [7, 11) is 0. The Hall–Kier alpha value is -0.610. The van der Waals surface area contributed by atoms with Crippen molar-refractivity contribution in [3.63, 3.8) is 0 Å². The second-order valence-electron chi connectivity index (χ2n) is 8.48. The maximum atomic E-state index is 13.0. The van der Waals surface area contributed by atoms with E-state index in [1.807, 2.05) is 0 Å². The number of rotatable bonds is 2. The minimum absolute atomic E-state index is 0.0511. The van der Waals surface area contributed by atoms with E-state index in [4.69, 9.17) is 10.5 Å². The fourth-order valence-corrected chi connectivity index (χ4v) is 5.11. The van der Waals surface area contributed by atoms with E-state index in [0.717, 1.165) is 25.9 Å². The Labute approximate surface area is 134 Å². The third-order valence-electron chi connectivity index (χ3n) is 7.08. The molecule has 1 aliphatic heterocycles. The maximum absolute atomic E-state index is 13.0. The number of hydrogen-bond donors (Lipinski definition) is 2. The Morgan fingerprint density at radius 2 is 1.91 bits per heavy atom. The highest BCUT2D eigenvalue weighted by molar-refractivity contribution is 5.89. The molecule has 1 saturated heterocycles. The van der Waals surface area contributed by atoms with Crippen molar-refractivity contribution in [2.45, 2.75) is 77.5 Å². The summed E-state index contributed by atoms with van der Waals surface area (Å²) in [6, 6.07) is 0.274. The Morgan fingerprint density at radius 1 is 1.18 bits per heavy atom. The molecule has 0 aromatic heterocycles. The smallest absolute Gasteiger partial charge is 0.241 e. The van der Waals surface area contributed by atoms with Crippen molar-refractivity contribution in [2.75, 3.05) is 6.61 Å². The zero-order valence-corrected chi connectivity index (χ0v) is 14.5. The number of carbonyl (C=O) groups excluding carboxylic acids is 1. The van der Waals surface area contributed by atoms with Gasteiger partial charge in [0, 0.05) is 24.0 Å². The summed E-state index contributed by atoms with van der Waals surface area (Å²) >= 11 is 0. The van der Waals surface area contributed by atoms with E-state index < -0.39 is 5.54 Å². The molecule has 3 rings (SSSR count). The lowest BCUT2D eigenvalue weighted by Gasteiger charge is -2.65. The molecular weight excluding hydrogens is 276 g/mol. The number of nitrogens with one attached hydrogen (secondary N) is 1. The maximum Gasteiger partial charge on any atom is 0.241 e. The SMILES string of the molecule is CC1CCCC(NC(=O)C2(N)C3CCCOC3C2(C)C)C1C. The molecule has 0 radical (unpaired) electrons. The first-order valence-corrected chi connectivity index (χ1v) is 9.01. The molecule has 4 nitrogen and oxygen atoms in total. The first-order chi connectivity index (χ1) is 10.3. The van der Waals surface area contributed by atoms with Crippen LogP contribution in [0.15, 0.2) is 0 Å². The highest BCUT2D eigenvalue weighted by atomic mass is 16.5. The van der Waals surface area contributed by atoms with Gasteiger partial charge in [0.1, 0.15) is 5.54 Å². The van der Waals surface area contributed by atoms with Gasteiger partial charge in [0.15, 0.2) is 0 Å². The zero-order valence-electron chi connectivity index (χ0n) is 14.5. The fraction of sp³-hybridized carbons (Fsp3) is 0.944. The molecule has 1 heterocycles. The van der Waals surface area contributed by atoms with Crippen LogP contribution in [0.3, 0.4) is 0 Å². The monoisotopic (exact) mass is 308 g/mol. The molecule has 22 heavy (non-hydrogen) atoms. The van der Waals surface area contributed by atoms with E-state index in [-0.39, 0.29) is 29.4 Å². The van der Waals surface area contributed by atoms with Crippen molar-refractivity contribution in [3.05, 3.63) is 0 Å². The summed E-state index contributed by atoms with van der Waals surface area (Å²) in [5.74, 6) is 1.43. The first-order valence-electron chi connectivity index (χ1n) is 9.01. The number of ether oxygens (including phenoxy) is 1. The fourth-order valence-electron chi connectivity index (χ4n) is 5.11. The number of fused-ring (bicyclic) bond motifs is 1. The third-order valence-corrected chi connectivity index (χ3v) is 7.08. The van der Waals surface area contributed by atoms with Gasteiger partial charge in [-0.15, -0.1) is 0 Å². The molecule has 2 saturated carbocycles. The lowest BCUT2D eigenvalue weighted by molar-refractivity contribution is -0.225. The molecule has 2 aliphatic carbocycles. The topological polar surface area (TPSA) is 64.4 Å². The Morgan fingerprint density at radius 3 is 2.64 bits per heavy atom. The van der Waals surface area contributed by atoms with E-state index in [0.29, 0.717) is 11.8 Å². The summed E-state index contributed by atoms with van der Waals surface area (Å²) in [5.41, 5.74) is 5.62. The molecule has 126 valence electrons. The van der Waals surface area contributed by atoms with Gasteiger partial charge in [0.25, 0.3) is 0 Å². The minimum Gasteiger partial charge on any atom is -0.377 e. The van der Waals surface area contributed by atoms with Gasteiger partial charge in [-0.2, -0.15) is 0 Å². The van der Waals surface area contributed by atoms with Crippen LogP contribution in [0.2, 0.25) is 0 Å². The quantitative estimate of drug-likeness (QED) is 0.823. The summed E-state index contributed by atoms with van der Waals surface area (Å²) in [6.45, 7) is 9.54. The molecule has 1 amide bonds. The molecule has 4 heteroatoms. The predicted octanol–water partition coefficient (Wildman–Crippen LogP) is 2.46. The zero-order chi connectivity index (χ0) is 16.1. The number of nitrogens with two attached hydrogens (primary N) is 1. The van der Waals surface area contributed by atoms with Crippen molar-refractivity contribution in [3.8, 4) is 0 Å². The largest absolute Gasteiger partial charge is 0.377 e. The molecule has 3 fully saturated rings. The van der Waals surface area contributed by atoms with E-state index in [1.54, 1.807) is 0 Å². The first kappa shape index (κ1) is 16.3. The van der Waals surface area contributed by atoms with Gasteiger partial charge >= 0.3 is 0 Å². The average molecular weight is 308 g/mol. The van der Waals surface area contributed by atoms with Crippen LogP contribution in [-0.2, 0) is 9.53 Å². The number of amides is 1. The Bertz CT molecular complexity index is 450. The van der Waals surface area contributed by atoms with Gasteiger partial charge < -0.3 is 15.8 Å². The minimum atomic E-state index is -0.779. The summed E-state index contributed by atoms with van der Waals surface area (Å²) in [5, 5.41) is 3.31. The molecule has 0 bridgehead atoms. The molecule has 6 unspecified atom stereocenters. The van der Waals surface area contributed by atoms with Crippen molar-refractivity contribution in [2.24, 2.45) is 28.9 Å². The Kier molecular flexibility index (Phi) is 4.05. The van der Waals surface area contributed by atoms with Crippen molar-refractivity contribution in [1.29, 1.82) is 0 Å². The molecule has 0 aromatic rings. The van der Waals surface area contributed by atoms with Crippen LogP contribution in [0.1, 0.15) is 59.8 Å². The summed E-state index contributed by atoms with van der Waals surface area (Å²) < 4.78 is 5.91. The predicted molar refractivity (Wildman–Crippen MR) is 87.3 cm³/mol. The van der Waals surface area contributed by atoms with E-state index >= 15 is 0 Å². The molecule has 3 N–H and O–H groups in total. The number of carbonyl (C=O) groups is 1. The third kappa shape index (κ3) is 2.14. The number of hydrogen-bond acceptors (Lipinski definition) is 3. The van der Waals surface area contributed by atoms with Crippen molar-refractivity contribution in [1.82, 2.24) is 5.32 Å². The van der Waals surface area contributed by atoms with Crippen LogP contribution in [-0.4, -0.2) is 30.2 Å². The van der Waals surface area contributed by atoms with Crippen LogP contribution in [0.4, 0.5) is 0 Å². The highest BCUT2D eigenvalue weighted by Gasteiger charge is 2.70. The van der Waals surface area contributed by atoms with E-state index in [1.165, 1.54) is 12.8 Å². The standard InChI is InChI=1S/C18H32N2O2/c1-11-7-5-9-14(12(11)2)20-16(21)18(19)13-8-6-10-22-15(13)17(18,3)4/h11-15H,5-10,19H2,1-4H3,(H,20,21). The van der Waals surface area contributed by atoms with Crippen LogP contribution in [0.5, 0.6) is 0 Å². The van der Waals surface area contributed by atoms with Gasteiger partial charge in [0.2, 0.25) is 5.91 Å². The molecule has 3 aliphatic rings. The van der Waals surface area contributed by atoms with E-state index in [2.05, 4.69) is 33.0 Å². The van der Waals surface area contributed by atoms with Crippen LogP contribution in [0, 0.1) is 23.2 Å². The van der Waals surface area contributed by atoms with Gasteiger partial charge in [-0.25, -0.2) is 0 Å². The van der Waals surface area contributed by atoms with Gasteiger partial charge in [-0.1, -0.05) is 40.5 Å². The summed E-state index contributed by atoms with van der Waals surface area (Å²) in [4.78, 5) is 13.0. The average Bonchev–Trinajstić information content (AvgIpc) is 2.50. The van der Waals surface area contributed by atoms with E-state index in [9.17, 15) is 4.79 Å². The van der Waals surface area contributed by atoms with Crippen molar-refractivity contribution < 1.29 is 9.53 Å². The lowest BCUT2D eigenvalue weighted by Crippen LogP contribution is -2.82. The lowest BCUT2D eigenvalue weighted by atomic mass is 9.46. The van der Waals surface area contributed by atoms with Crippen molar-refractivity contribution >= 4 is 5.91 Å². The highest BCUT2D eigenvalue weighted by Crippen LogP contribution is 2.57. The van der Waals surface area contributed by atoms with Crippen LogP contribution < -0.4 is 11.1 Å². The Balaban J connectivity index is 1.73. The molecule has 6 atom stereocenters. The molecular formula is C18H32N2O2. The summed E-state index contributed by atoms with van der Waals surface area (Å²) in [6.07, 6.45) is 5.71. The second kappa shape index (κ2) is 5.48. The van der Waals surface area contributed by atoms with Crippen LogP contribution >= 0.6 is 0 Å². The van der Waals surface area contributed by atoms with Gasteiger partial charge in [-0.05, 0) is 31.1 Å². The second-order valence-corrected chi connectivity index (χ2v) is 8.48. The molecule has 0 aromatic carbocycles. The van der Waals surface area contributed by atoms with Gasteiger partial charge in [-0.3, -0.25) is 4.79 Å². The van der Waals surface area contributed by atoms with Crippen LogP contribution in [0.25, 0.3) is 0 Å². The molecule has 0 spiro atoms.